The Hall–Kier alpha value is -0.570. The van der Waals surface area contributed by atoms with E-state index in [0.29, 0.717) is 6.42 Å². The van der Waals surface area contributed by atoms with Gasteiger partial charge in [0.25, 0.3) is 0 Å². The Morgan fingerprint density at radius 1 is 1.86 bits per heavy atom. The fourth-order valence-electron chi connectivity index (χ4n) is 0.487. The van der Waals surface area contributed by atoms with E-state index in [0.717, 1.165) is 0 Å². The van der Waals surface area contributed by atoms with Crippen LogP contribution in [0.3, 0.4) is 0 Å². The molecule has 1 rings (SSSR count). The summed E-state index contributed by atoms with van der Waals surface area (Å²) >= 11 is 0. The average Bonchev–Trinajstić information content (AvgIpc) is 2.17. The first-order chi connectivity index (χ1) is 3.22. The summed E-state index contributed by atoms with van der Waals surface area (Å²) in [5, 5.41) is 8.50. The van der Waals surface area contributed by atoms with Gasteiger partial charge >= 0.3 is 0 Å². The fraction of sp³-hybridized carbons (Fsp3) is 0.750. The molecule has 7 heavy (non-hydrogen) atoms. The van der Waals surface area contributed by atoms with Crippen LogP contribution >= 0.6 is 0 Å². The SMILES string of the molecule is NC(=O)C1CC1O. The van der Waals surface area contributed by atoms with Gasteiger partial charge in [-0.3, -0.25) is 4.79 Å². The van der Waals surface area contributed by atoms with Crippen LogP contribution in [-0.4, -0.2) is 17.1 Å². The van der Waals surface area contributed by atoms with Crippen LogP contribution in [0.15, 0.2) is 0 Å². The number of aliphatic hydroxyl groups is 1. The monoisotopic (exact) mass is 101 g/mol. The molecule has 40 valence electrons. The average molecular weight is 101 g/mol. The van der Waals surface area contributed by atoms with Crippen LogP contribution < -0.4 is 5.73 Å². The lowest BCUT2D eigenvalue weighted by Gasteiger charge is -1.81. The molecule has 0 radical (unpaired) electrons. The first kappa shape index (κ1) is 4.59. The van der Waals surface area contributed by atoms with Gasteiger partial charge in [0.2, 0.25) is 5.91 Å². The normalized spacial score (nSPS) is 37.9. The quantitative estimate of drug-likeness (QED) is 0.438. The molecule has 0 aromatic heterocycles. The van der Waals surface area contributed by atoms with E-state index >= 15 is 0 Å². The maximum Gasteiger partial charge on any atom is 0.223 e. The minimum Gasteiger partial charge on any atom is -0.392 e. The summed E-state index contributed by atoms with van der Waals surface area (Å²) < 4.78 is 0. The Kier molecular flexibility index (Phi) is 0.785. The van der Waals surface area contributed by atoms with Gasteiger partial charge in [-0.25, -0.2) is 0 Å². The Morgan fingerprint density at radius 3 is 2.29 bits per heavy atom. The van der Waals surface area contributed by atoms with Crippen molar-refractivity contribution in [2.24, 2.45) is 11.7 Å². The Bertz CT molecular complexity index is 102. The first-order valence-electron chi connectivity index (χ1n) is 2.19. The number of nitrogens with two attached hydrogens (primary N) is 1. The molecule has 0 aromatic carbocycles. The zero-order valence-electron chi connectivity index (χ0n) is 3.79. The predicted molar refractivity (Wildman–Crippen MR) is 23.3 cm³/mol. The molecule has 0 heterocycles. The van der Waals surface area contributed by atoms with Crippen molar-refractivity contribution in [1.82, 2.24) is 0 Å². The summed E-state index contributed by atoms with van der Waals surface area (Å²) in [6, 6.07) is 0. The van der Waals surface area contributed by atoms with E-state index in [4.69, 9.17) is 10.8 Å². The molecule has 0 bridgehead atoms. The van der Waals surface area contributed by atoms with Crippen molar-refractivity contribution in [1.29, 1.82) is 0 Å². The molecular formula is C4H7NO2. The maximum absolute atomic E-state index is 10.0. The summed E-state index contributed by atoms with van der Waals surface area (Å²) in [6.45, 7) is 0. The molecule has 3 heteroatoms. The Balaban J connectivity index is 2.33. The third kappa shape index (κ3) is 0.718. The van der Waals surface area contributed by atoms with E-state index in [2.05, 4.69) is 0 Å². The molecule has 1 aliphatic carbocycles. The minimum atomic E-state index is -0.433. The number of carbonyl (C=O) groups excluding carboxylic acids is 1. The molecule has 2 unspecified atom stereocenters. The molecule has 3 nitrogen and oxygen atoms in total. The van der Waals surface area contributed by atoms with Gasteiger partial charge in [0.05, 0.1) is 12.0 Å². The second-order valence-electron chi connectivity index (χ2n) is 1.81. The molecule has 0 aliphatic heterocycles. The summed E-state index contributed by atoms with van der Waals surface area (Å²) in [4.78, 5) is 10.0. The van der Waals surface area contributed by atoms with Crippen LogP contribution in [0.5, 0.6) is 0 Å². The lowest BCUT2D eigenvalue weighted by molar-refractivity contribution is -0.119. The van der Waals surface area contributed by atoms with E-state index in [1.54, 1.807) is 0 Å². The molecule has 1 fully saturated rings. The van der Waals surface area contributed by atoms with Crippen molar-refractivity contribution >= 4 is 5.91 Å². The van der Waals surface area contributed by atoms with Crippen molar-refractivity contribution in [2.45, 2.75) is 12.5 Å². The number of primary amides is 1. The van der Waals surface area contributed by atoms with E-state index in [-0.39, 0.29) is 11.8 Å². The number of hydrogen-bond acceptors (Lipinski definition) is 2. The fourth-order valence-corrected chi connectivity index (χ4v) is 0.487. The lowest BCUT2D eigenvalue weighted by Crippen LogP contribution is -2.14. The Labute approximate surface area is 41.1 Å². The van der Waals surface area contributed by atoms with Crippen LogP contribution in [0, 0.1) is 5.92 Å². The molecule has 0 spiro atoms. The number of amides is 1. The smallest absolute Gasteiger partial charge is 0.223 e. The summed E-state index contributed by atoms with van der Waals surface area (Å²) in [6.07, 6.45) is 0.132. The zero-order chi connectivity index (χ0) is 5.44. The maximum atomic E-state index is 10.0. The lowest BCUT2D eigenvalue weighted by atomic mass is 10.4. The highest BCUT2D eigenvalue weighted by atomic mass is 16.3. The molecule has 3 N–H and O–H groups in total. The largest absolute Gasteiger partial charge is 0.392 e. The third-order valence-corrected chi connectivity index (χ3v) is 1.12. The molecule has 0 aromatic rings. The van der Waals surface area contributed by atoms with E-state index in [1.165, 1.54) is 0 Å². The number of carbonyl (C=O) groups is 1. The van der Waals surface area contributed by atoms with Crippen molar-refractivity contribution < 1.29 is 9.90 Å². The van der Waals surface area contributed by atoms with Crippen molar-refractivity contribution in [2.75, 3.05) is 0 Å². The highest BCUT2D eigenvalue weighted by Crippen LogP contribution is 2.28. The van der Waals surface area contributed by atoms with Gasteiger partial charge in [-0.1, -0.05) is 0 Å². The molecule has 1 amide bonds. The van der Waals surface area contributed by atoms with Gasteiger partial charge in [0.1, 0.15) is 0 Å². The molecule has 1 aliphatic rings. The topological polar surface area (TPSA) is 63.3 Å². The first-order valence-corrected chi connectivity index (χ1v) is 2.19. The molecule has 0 saturated heterocycles. The van der Waals surface area contributed by atoms with Crippen LogP contribution in [0.4, 0.5) is 0 Å². The second-order valence-corrected chi connectivity index (χ2v) is 1.81. The van der Waals surface area contributed by atoms with Gasteiger partial charge in [0.15, 0.2) is 0 Å². The van der Waals surface area contributed by atoms with E-state index < -0.39 is 6.10 Å². The third-order valence-electron chi connectivity index (χ3n) is 1.12. The van der Waals surface area contributed by atoms with Crippen molar-refractivity contribution in [3.05, 3.63) is 0 Å². The minimum absolute atomic E-state index is 0.236. The predicted octanol–water partition coefficient (Wildman–Crippen LogP) is -1.15. The highest BCUT2D eigenvalue weighted by Gasteiger charge is 2.39. The summed E-state index contributed by atoms with van der Waals surface area (Å²) in [5.74, 6) is -0.618. The number of aliphatic hydroxyl groups excluding tert-OH is 1. The van der Waals surface area contributed by atoms with Gasteiger partial charge in [0, 0.05) is 0 Å². The van der Waals surface area contributed by atoms with Gasteiger partial charge in [-0.2, -0.15) is 0 Å². The number of rotatable bonds is 1. The van der Waals surface area contributed by atoms with Gasteiger partial charge < -0.3 is 10.8 Å². The second kappa shape index (κ2) is 1.20. The number of hydrogen-bond donors (Lipinski definition) is 2. The highest BCUT2D eigenvalue weighted by molar-refractivity contribution is 5.80. The Morgan fingerprint density at radius 2 is 2.29 bits per heavy atom. The van der Waals surface area contributed by atoms with E-state index in [1.807, 2.05) is 0 Å². The van der Waals surface area contributed by atoms with Crippen molar-refractivity contribution in [3.63, 3.8) is 0 Å². The van der Waals surface area contributed by atoms with Crippen LogP contribution in [0.2, 0.25) is 0 Å². The van der Waals surface area contributed by atoms with Gasteiger partial charge in [-0.05, 0) is 6.42 Å². The van der Waals surface area contributed by atoms with Gasteiger partial charge in [-0.15, -0.1) is 0 Å². The standard InChI is InChI=1S/C4H7NO2/c5-4(7)2-1-3(2)6/h2-3,6H,1H2,(H2,5,7). The van der Waals surface area contributed by atoms with Crippen LogP contribution in [-0.2, 0) is 4.79 Å². The van der Waals surface area contributed by atoms with Crippen LogP contribution in [0.1, 0.15) is 6.42 Å². The van der Waals surface area contributed by atoms with Crippen molar-refractivity contribution in [3.8, 4) is 0 Å². The summed E-state index contributed by atoms with van der Waals surface area (Å²) in [7, 11) is 0. The summed E-state index contributed by atoms with van der Waals surface area (Å²) in [5.41, 5.74) is 4.79. The van der Waals surface area contributed by atoms with Crippen LogP contribution in [0.25, 0.3) is 0 Å². The zero-order valence-corrected chi connectivity index (χ0v) is 3.79. The molecule has 2 atom stereocenters. The molecular weight excluding hydrogens is 94.0 g/mol. The molecule has 1 saturated carbocycles. The van der Waals surface area contributed by atoms with E-state index in [9.17, 15) is 4.79 Å².